The summed E-state index contributed by atoms with van der Waals surface area (Å²) in [5.41, 5.74) is 0.701. The van der Waals surface area contributed by atoms with Crippen molar-refractivity contribution in [1.82, 2.24) is 4.90 Å². The summed E-state index contributed by atoms with van der Waals surface area (Å²) < 4.78 is 10.6. The molecule has 22 heavy (non-hydrogen) atoms. The minimum absolute atomic E-state index is 0. The SMILES string of the molecule is CCCOc1ccc(NC(=O)OCCN(CC)CC)cc1.Cl. The molecule has 1 aromatic carbocycles. The Labute approximate surface area is 139 Å². The second-order valence-corrected chi connectivity index (χ2v) is 4.66. The van der Waals surface area contributed by atoms with E-state index >= 15 is 0 Å². The molecule has 0 aliphatic heterocycles. The number of halogens is 1. The van der Waals surface area contributed by atoms with Gasteiger partial charge in [0, 0.05) is 12.2 Å². The van der Waals surface area contributed by atoms with Gasteiger partial charge in [-0.1, -0.05) is 20.8 Å². The molecule has 0 unspecified atom stereocenters. The van der Waals surface area contributed by atoms with Crippen LogP contribution in [0.1, 0.15) is 27.2 Å². The summed E-state index contributed by atoms with van der Waals surface area (Å²) in [4.78, 5) is 13.8. The van der Waals surface area contributed by atoms with Gasteiger partial charge in [0.2, 0.25) is 0 Å². The molecule has 126 valence electrons. The largest absolute Gasteiger partial charge is 0.494 e. The second-order valence-electron chi connectivity index (χ2n) is 4.66. The molecule has 0 aliphatic carbocycles. The first-order chi connectivity index (χ1) is 10.2. The van der Waals surface area contributed by atoms with Gasteiger partial charge >= 0.3 is 6.09 Å². The highest BCUT2D eigenvalue weighted by Crippen LogP contribution is 2.15. The van der Waals surface area contributed by atoms with Gasteiger partial charge in [0.25, 0.3) is 0 Å². The first kappa shape index (κ1) is 20.5. The van der Waals surface area contributed by atoms with E-state index in [1.807, 2.05) is 12.1 Å². The zero-order valence-corrected chi connectivity index (χ0v) is 14.4. The van der Waals surface area contributed by atoms with Crippen molar-refractivity contribution in [2.45, 2.75) is 27.2 Å². The van der Waals surface area contributed by atoms with Crippen LogP contribution in [-0.4, -0.2) is 43.8 Å². The molecule has 0 fully saturated rings. The predicted octanol–water partition coefficient (Wildman–Crippen LogP) is 3.79. The lowest BCUT2D eigenvalue weighted by Crippen LogP contribution is -2.28. The average molecular weight is 331 g/mol. The van der Waals surface area contributed by atoms with E-state index < -0.39 is 6.09 Å². The lowest BCUT2D eigenvalue weighted by atomic mass is 10.3. The molecule has 0 saturated carbocycles. The fraction of sp³-hybridized carbons (Fsp3) is 0.562. The van der Waals surface area contributed by atoms with Gasteiger partial charge in [-0.3, -0.25) is 5.32 Å². The summed E-state index contributed by atoms with van der Waals surface area (Å²) in [5.74, 6) is 0.803. The Morgan fingerprint density at radius 2 is 1.73 bits per heavy atom. The van der Waals surface area contributed by atoms with Crippen molar-refractivity contribution < 1.29 is 14.3 Å². The maximum Gasteiger partial charge on any atom is 0.411 e. The third-order valence-corrected chi connectivity index (χ3v) is 3.11. The lowest BCUT2D eigenvalue weighted by molar-refractivity contribution is 0.142. The van der Waals surface area contributed by atoms with Crippen LogP contribution in [0.4, 0.5) is 10.5 Å². The van der Waals surface area contributed by atoms with Crippen molar-refractivity contribution >= 4 is 24.2 Å². The summed E-state index contributed by atoms with van der Waals surface area (Å²) in [6.07, 6.45) is 0.545. The molecule has 0 saturated heterocycles. The topological polar surface area (TPSA) is 50.8 Å². The van der Waals surface area contributed by atoms with Crippen molar-refractivity contribution in [3.63, 3.8) is 0 Å². The predicted molar refractivity (Wildman–Crippen MR) is 92.2 cm³/mol. The van der Waals surface area contributed by atoms with Gasteiger partial charge in [-0.15, -0.1) is 12.4 Å². The second kappa shape index (κ2) is 12.1. The molecular formula is C16H27ClN2O3. The highest BCUT2D eigenvalue weighted by atomic mass is 35.5. The molecule has 1 amide bonds. The number of benzene rings is 1. The molecule has 0 radical (unpaired) electrons. The summed E-state index contributed by atoms with van der Waals surface area (Å²) in [5, 5.41) is 2.70. The molecule has 0 aliphatic rings. The minimum Gasteiger partial charge on any atom is -0.494 e. The fourth-order valence-electron chi connectivity index (χ4n) is 1.82. The molecule has 1 N–H and O–H groups in total. The number of hydrogen-bond acceptors (Lipinski definition) is 4. The van der Waals surface area contributed by atoms with E-state index in [1.165, 1.54) is 0 Å². The summed E-state index contributed by atoms with van der Waals surface area (Å²) >= 11 is 0. The van der Waals surface area contributed by atoms with E-state index in [9.17, 15) is 4.79 Å². The van der Waals surface area contributed by atoms with Gasteiger partial charge in [0.1, 0.15) is 12.4 Å². The van der Waals surface area contributed by atoms with Crippen LogP contribution in [0.25, 0.3) is 0 Å². The zero-order valence-electron chi connectivity index (χ0n) is 13.6. The molecular weight excluding hydrogens is 304 g/mol. The minimum atomic E-state index is -0.426. The summed E-state index contributed by atoms with van der Waals surface area (Å²) in [6.45, 7) is 10.00. The van der Waals surface area contributed by atoms with Gasteiger partial charge in [0.15, 0.2) is 0 Å². The van der Waals surface area contributed by atoms with Crippen molar-refractivity contribution in [3.8, 4) is 5.75 Å². The van der Waals surface area contributed by atoms with Crippen LogP contribution < -0.4 is 10.1 Å². The smallest absolute Gasteiger partial charge is 0.411 e. The van der Waals surface area contributed by atoms with Crippen LogP contribution in [0, 0.1) is 0 Å². The number of nitrogens with one attached hydrogen (secondary N) is 1. The van der Waals surface area contributed by atoms with Crippen LogP contribution in [0.15, 0.2) is 24.3 Å². The Morgan fingerprint density at radius 1 is 1.09 bits per heavy atom. The number of likely N-dealkylation sites (N-methyl/N-ethyl adjacent to an activating group) is 1. The van der Waals surface area contributed by atoms with E-state index in [0.717, 1.165) is 31.8 Å². The van der Waals surface area contributed by atoms with Crippen molar-refractivity contribution in [2.75, 3.05) is 38.2 Å². The Balaban J connectivity index is 0.00000441. The number of anilines is 1. The Hall–Kier alpha value is -1.46. The molecule has 0 atom stereocenters. The van der Waals surface area contributed by atoms with E-state index in [1.54, 1.807) is 12.1 Å². The van der Waals surface area contributed by atoms with Gasteiger partial charge < -0.3 is 14.4 Å². The number of nitrogens with zero attached hydrogens (tertiary/aromatic N) is 1. The van der Waals surface area contributed by atoms with Crippen molar-refractivity contribution in [2.24, 2.45) is 0 Å². The molecule has 5 nitrogen and oxygen atoms in total. The number of hydrogen-bond donors (Lipinski definition) is 1. The van der Waals surface area contributed by atoms with Crippen LogP contribution in [0.3, 0.4) is 0 Å². The van der Waals surface area contributed by atoms with E-state index in [4.69, 9.17) is 9.47 Å². The molecule has 6 heteroatoms. The first-order valence-corrected chi connectivity index (χ1v) is 7.58. The van der Waals surface area contributed by atoms with Crippen LogP contribution in [0.5, 0.6) is 5.75 Å². The first-order valence-electron chi connectivity index (χ1n) is 7.58. The molecule has 0 heterocycles. The highest BCUT2D eigenvalue weighted by Gasteiger charge is 2.05. The Morgan fingerprint density at radius 3 is 2.27 bits per heavy atom. The Kier molecular flexibility index (Phi) is 11.3. The lowest BCUT2D eigenvalue weighted by Gasteiger charge is -2.17. The van der Waals surface area contributed by atoms with Gasteiger partial charge in [-0.2, -0.15) is 0 Å². The maximum atomic E-state index is 11.6. The molecule has 1 rings (SSSR count). The van der Waals surface area contributed by atoms with Gasteiger partial charge in [-0.05, 0) is 43.8 Å². The Bertz CT molecular complexity index is 408. The van der Waals surface area contributed by atoms with Crippen LogP contribution in [-0.2, 0) is 4.74 Å². The molecule has 1 aromatic rings. The maximum absolute atomic E-state index is 11.6. The highest BCUT2D eigenvalue weighted by molar-refractivity contribution is 5.85. The van der Waals surface area contributed by atoms with Crippen LogP contribution >= 0.6 is 12.4 Å². The molecule has 0 spiro atoms. The van der Waals surface area contributed by atoms with Gasteiger partial charge in [0.05, 0.1) is 6.61 Å². The summed E-state index contributed by atoms with van der Waals surface area (Å²) in [6, 6.07) is 7.27. The standard InChI is InChI=1S/C16H26N2O3.ClH/c1-4-12-20-15-9-7-14(8-10-15)17-16(19)21-13-11-18(5-2)6-3;/h7-10H,4-6,11-13H2,1-3H3,(H,17,19);1H. The average Bonchev–Trinajstić information content (AvgIpc) is 2.51. The number of ether oxygens (including phenoxy) is 2. The fourth-order valence-corrected chi connectivity index (χ4v) is 1.82. The zero-order chi connectivity index (χ0) is 15.5. The third kappa shape index (κ3) is 8.10. The molecule has 0 aromatic heterocycles. The van der Waals surface area contributed by atoms with E-state index in [-0.39, 0.29) is 12.4 Å². The number of carbonyl (C=O) groups excluding carboxylic acids is 1. The monoisotopic (exact) mass is 330 g/mol. The van der Waals surface area contributed by atoms with E-state index in [0.29, 0.717) is 18.9 Å². The van der Waals surface area contributed by atoms with E-state index in [2.05, 4.69) is 31.0 Å². The number of rotatable bonds is 9. The molecule has 0 bridgehead atoms. The van der Waals surface area contributed by atoms with Crippen molar-refractivity contribution in [1.29, 1.82) is 0 Å². The number of carbonyl (C=O) groups is 1. The summed E-state index contributed by atoms with van der Waals surface area (Å²) in [7, 11) is 0. The quantitative estimate of drug-likeness (QED) is 0.748. The van der Waals surface area contributed by atoms with Gasteiger partial charge in [-0.25, -0.2) is 4.79 Å². The third-order valence-electron chi connectivity index (χ3n) is 3.11. The normalized spacial score (nSPS) is 10.0. The number of amides is 1. The van der Waals surface area contributed by atoms with Crippen molar-refractivity contribution in [3.05, 3.63) is 24.3 Å². The van der Waals surface area contributed by atoms with Crippen LogP contribution in [0.2, 0.25) is 0 Å².